The summed E-state index contributed by atoms with van der Waals surface area (Å²) in [5.74, 6) is 0. The first-order valence-electron chi connectivity index (χ1n) is 2.89. The number of rotatable bonds is 4. The van der Waals surface area contributed by atoms with Gasteiger partial charge in [0.15, 0.2) is 0 Å². The van der Waals surface area contributed by atoms with Crippen LogP contribution in [0.3, 0.4) is 0 Å². The van der Waals surface area contributed by atoms with E-state index < -0.39 is 6.16 Å². The Hall–Kier alpha value is -1.25. The Morgan fingerprint density at radius 1 is 1.60 bits per heavy atom. The fourth-order valence-electron chi connectivity index (χ4n) is 0.380. The molecule has 0 atom stereocenters. The maximum Gasteiger partial charge on any atom is 0.506 e. The summed E-state index contributed by atoms with van der Waals surface area (Å²) in [7, 11) is 0. The first-order chi connectivity index (χ1) is 4.77. The molecule has 0 bridgehead atoms. The van der Waals surface area contributed by atoms with Crippen molar-refractivity contribution in [1.82, 2.24) is 0 Å². The van der Waals surface area contributed by atoms with Crippen LogP contribution in [0.25, 0.3) is 0 Å². The monoisotopic (exact) mass is 142 g/mol. The predicted molar refractivity (Wildman–Crippen MR) is 37.9 cm³/mol. The molecule has 0 aromatic heterocycles. The fourth-order valence-corrected chi connectivity index (χ4v) is 0.380. The van der Waals surface area contributed by atoms with Gasteiger partial charge in [0.1, 0.15) is 6.61 Å². The molecular formula is C7H10O3. The summed E-state index contributed by atoms with van der Waals surface area (Å²) in [4.78, 5) is 9.76. The first-order valence-corrected chi connectivity index (χ1v) is 2.89. The summed E-state index contributed by atoms with van der Waals surface area (Å²) in [6.45, 7) is 3.60. The van der Waals surface area contributed by atoms with Gasteiger partial charge < -0.3 is 9.84 Å². The van der Waals surface area contributed by atoms with E-state index in [0.29, 0.717) is 0 Å². The van der Waals surface area contributed by atoms with Gasteiger partial charge in [-0.25, -0.2) is 4.79 Å². The molecule has 0 heterocycles. The van der Waals surface area contributed by atoms with E-state index >= 15 is 0 Å². The molecule has 3 nitrogen and oxygen atoms in total. The highest BCUT2D eigenvalue weighted by Gasteiger charge is 1.89. The lowest BCUT2D eigenvalue weighted by atomic mass is 10.4. The molecule has 0 fully saturated rings. The third kappa shape index (κ3) is 6.75. The lowest BCUT2D eigenvalue weighted by molar-refractivity contribution is 0.102. The molecule has 0 radical (unpaired) electrons. The molecule has 0 aromatic rings. The molecule has 0 aliphatic rings. The Morgan fingerprint density at radius 3 is 2.80 bits per heavy atom. The van der Waals surface area contributed by atoms with Crippen molar-refractivity contribution in [1.29, 1.82) is 0 Å². The Labute approximate surface area is 59.6 Å². The minimum absolute atomic E-state index is 0.114. The smallest absolute Gasteiger partial charge is 0.450 e. The average molecular weight is 142 g/mol. The van der Waals surface area contributed by atoms with Gasteiger partial charge in [-0.1, -0.05) is 18.2 Å². The Kier molecular flexibility index (Phi) is 5.14. The molecule has 0 amide bonds. The molecule has 0 unspecified atom stereocenters. The second-order valence-electron chi connectivity index (χ2n) is 1.57. The van der Waals surface area contributed by atoms with Gasteiger partial charge >= 0.3 is 6.16 Å². The minimum Gasteiger partial charge on any atom is -0.450 e. The molecule has 0 spiro atoms. The van der Waals surface area contributed by atoms with E-state index in [1.54, 1.807) is 18.2 Å². The lowest BCUT2D eigenvalue weighted by Crippen LogP contribution is -1.98. The van der Waals surface area contributed by atoms with Gasteiger partial charge in [0.05, 0.1) is 0 Å². The van der Waals surface area contributed by atoms with E-state index in [1.165, 1.54) is 0 Å². The number of hydrogen-bond donors (Lipinski definition) is 1. The topological polar surface area (TPSA) is 46.5 Å². The number of carbonyl (C=O) groups is 1. The van der Waals surface area contributed by atoms with Gasteiger partial charge in [0, 0.05) is 0 Å². The highest BCUT2D eigenvalue weighted by atomic mass is 16.7. The van der Waals surface area contributed by atoms with Crippen molar-refractivity contribution in [3.8, 4) is 0 Å². The molecule has 10 heavy (non-hydrogen) atoms. The summed E-state index contributed by atoms with van der Waals surface area (Å²) in [5, 5.41) is 7.99. The number of ether oxygens (including phenoxy) is 1. The summed E-state index contributed by atoms with van der Waals surface area (Å²) in [6.07, 6.45) is 4.63. The van der Waals surface area contributed by atoms with Gasteiger partial charge in [0.25, 0.3) is 0 Å². The predicted octanol–water partition coefficient (Wildman–Crippen LogP) is 1.81. The summed E-state index contributed by atoms with van der Waals surface area (Å²) in [5.41, 5.74) is 0. The molecule has 0 rings (SSSR count). The van der Waals surface area contributed by atoms with Crippen LogP contribution in [0.4, 0.5) is 4.79 Å². The molecule has 56 valence electrons. The quantitative estimate of drug-likeness (QED) is 0.481. The second-order valence-corrected chi connectivity index (χ2v) is 1.57. The highest BCUT2D eigenvalue weighted by molar-refractivity contribution is 5.56. The Balaban J connectivity index is 3.18. The molecule has 0 aliphatic heterocycles. The van der Waals surface area contributed by atoms with Crippen LogP contribution < -0.4 is 0 Å². The lowest BCUT2D eigenvalue weighted by Gasteiger charge is -1.91. The van der Waals surface area contributed by atoms with Crippen LogP contribution in [-0.4, -0.2) is 17.9 Å². The van der Waals surface area contributed by atoms with E-state index in [4.69, 9.17) is 5.11 Å². The third-order valence-electron chi connectivity index (χ3n) is 0.772. The zero-order valence-electron chi connectivity index (χ0n) is 5.62. The van der Waals surface area contributed by atoms with Crippen LogP contribution in [0.1, 0.15) is 6.42 Å². The van der Waals surface area contributed by atoms with Crippen molar-refractivity contribution >= 4 is 6.16 Å². The maximum atomic E-state index is 9.76. The van der Waals surface area contributed by atoms with Crippen molar-refractivity contribution in [2.45, 2.75) is 6.42 Å². The van der Waals surface area contributed by atoms with Crippen molar-refractivity contribution in [3.05, 3.63) is 24.8 Å². The van der Waals surface area contributed by atoms with E-state index in [0.717, 1.165) is 6.42 Å². The van der Waals surface area contributed by atoms with Crippen LogP contribution in [0.5, 0.6) is 0 Å². The highest BCUT2D eigenvalue weighted by Crippen LogP contribution is 1.84. The van der Waals surface area contributed by atoms with Gasteiger partial charge in [-0.05, 0) is 6.42 Å². The van der Waals surface area contributed by atoms with Crippen LogP contribution in [0.2, 0.25) is 0 Å². The van der Waals surface area contributed by atoms with Crippen LogP contribution in [0.15, 0.2) is 24.8 Å². The minimum atomic E-state index is -1.25. The van der Waals surface area contributed by atoms with E-state index in [9.17, 15) is 4.79 Å². The van der Waals surface area contributed by atoms with Crippen molar-refractivity contribution in [2.75, 3.05) is 6.61 Å². The Morgan fingerprint density at radius 2 is 2.30 bits per heavy atom. The van der Waals surface area contributed by atoms with Crippen molar-refractivity contribution < 1.29 is 14.6 Å². The van der Waals surface area contributed by atoms with Crippen molar-refractivity contribution in [2.24, 2.45) is 0 Å². The SMILES string of the molecule is C=CCC=CCOC(=O)O. The zero-order valence-corrected chi connectivity index (χ0v) is 5.62. The maximum absolute atomic E-state index is 9.76. The van der Waals surface area contributed by atoms with E-state index in [-0.39, 0.29) is 6.61 Å². The van der Waals surface area contributed by atoms with Crippen molar-refractivity contribution in [3.63, 3.8) is 0 Å². The molecule has 0 saturated heterocycles. The summed E-state index contributed by atoms with van der Waals surface area (Å²) in [6, 6.07) is 0. The van der Waals surface area contributed by atoms with Crippen LogP contribution >= 0.6 is 0 Å². The number of allylic oxidation sites excluding steroid dienone is 2. The molecule has 0 saturated carbocycles. The second kappa shape index (κ2) is 5.88. The van der Waals surface area contributed by atoms with Gasteiger partial charge in [-0.2, -0.15) is 0 Å². The number of carboxylic acid groups (broad SMARTS) is 1. The van der Waals surface area contributed by atoms with E-state index in [2.05, 4.69) is 11.3 Å². The van der Waals surface area contributed by atoms with Crippen LogP contribution in [-0.2, 0) is 4.74 Å². The first kappa shape index (κ1) is 8.75. The third-order valence-corrected chi connectivity index (χ3v) is 0.772. The average Bonchev–Trinajstić information content (AvgIpc) is 1.87. The molecule has 0 aromatic carbocycles. The largest absolute Gasteiger partial charge is 0.506 e. The fraction of sp³-hybridized carbons (Fsp3) is 0.286. The summed E-state index contributed by atoms with van der Waals surface area (Å²) >= 11 is 0. The molecule has 0 aliphatic carbocycles. The summed E-state index contributed by atoms with van der Waals surface area (Å²) < 4.78 is 4.18. The van der Waals surface area contributed by atoms with Gasteiger partial charge in [-0.3, -0.25) is 0 Å². The normalized spacial score (nSPS) is 9.60. The van der Waals surface area contributed by atoms with Gasteiger partial charge in [-0.15, -0.1) is 6.58 Å². The molecule has 1 N–H and O–H groups in total. The Bertz CT molecular complexity index is 138. The molecule has 3 heteroatoms. The van der Waals surface area contributed by atoms with Crippen LogP contribution in [0, 0.1) is 0 Å². The standard InChI is InChI=1S/C7H10O3/c1-2-3-4-5-6-10-7(8)9/h2,4-5H,1,3,6H2,(H,8,9). The number of hydrogen-bond acceptors (Lipinski definition) is 2. The molecular weight excluding hydrogens is 132 g/mol. The van der Waals surface area contributed by atoms with Gasteiger partial charge in [0.2, 0.25) is 0 Å². The zero-order chi connectivity index (χ0) is 7.82. The van der Waals surface area contributed by atoms with E-state index in [1.807, 2.05) is 0 Å².